The zero-order valence-corrected chi connectivity index (χ0v) is 10.4. The monoisotopic (exact) mass is 244 g/mol. The van der Waals surface area contributed by atoms with E-state index in [-0.39, 0.29) is 12.0 Å². The topological polar surface area (TPSA) is 38.0 Å². The van der Waals surface area contributed by atoms with Gasteiger partial charge in [-0.2, -0.15) is 0 Å². The van der Waals surface area contributed by atoms with Crippen LogP contribution in [0.25, 0.3) is 0 Å². The van der Waals surface area contributed by atoms with Gasteiger partial charge in [0.25, 0.3) is 0 Å². The van der Waals surface area contributed by atoms with E-state index in [0.717, 1.165) is 16.7 Å². The molecule has 2 rings (SSSR count). The van der Waals surface area contributed by atoms with Gasteiger partial charge in [0.2, 0.25) is 0 Å². The summed E-state index contributed by atoms with van der Waals surface area (Å²) in [7, 11) is 0. The van der Waals surface area contributed by atoms with Gasteiger partial charge in [-0.1, -0.05) is 36.4 Å². The first-order valence-corrected chi connectivity index (χ1v) is 5.96. The summed E-state index contributed by atoms with van der Waals surface area (Å²) in [6, 6.07) is 14.4. The maximum Gasteiger partial charge on any atom is 0.123 e. The SMILES string of the molecule is Cc1ccccc1C(N)NCc1ccc(F)cc1. The van der Waals surface area contributed by atoms with E-state index in [4.69, 9.17) is 5.73 Å². The van der Waals surface area contributed by atoms with E-state index in [9.17, 15) is 4.39 Å². The zero-order chi connectivity index (χ0) is 13.0. The molecule has 2 aromatic rings. The average Bonchev–Trinajstić information content (AvgIpc) is 2.38. The lowest BCUT2D eigenvalue weighted by Gasteiger charge is -2.16. The van der Waals surface area contributed by atoms with Gasteiger partial charge in [0, 0.05) is 6.54 Å². The van der Waals surface area contributed by atoms with Crippen LogP contribution in [0.1, 0.15) is 22.9 Å². The molecule has 0 aliphatic carbocycles. The summed E-state index contributed by atoms with van der Waals surface area (Å²) >= 11 is 0. The minimum atomic E-state index is -0.220. The third-order valence-electron chi connectivity index (χ3n) is 2.96. The standard InChI is InChI=1S/C15H17FN2/c1-11-4-2-3-5-14(11)15(17)18-10-12-6-8-13(16)9-7-12/h2-9,15,18H,10,17H2,1H3. The van der Waals surface area contributed by atoms with Crippen molar-refractivity contribution in [1.82, 2.24) is 5.32 Å². The van der Waals surface area contributed by atoms with E-state index < -0.39 is 0 Å². The maximum atomic E-state index is 12.8. The molecule has 0 fully saturated rings. The molecule has 0 saturated heterocycles. The van der Waals surface area contributed by atoms with Gasteiger partial charge in [-0.15, -0.1) is 0 Å². The predicted molar refractivity (Wildman–Crippen MR) is 71.3 cm³/mol. The van der Waals surface area contributed by atoms with E-state index in [2.05, 4.69) is 5.32 Å². The lowest BCUT2D eigenvalue weighted by atomic mass is 10.1. The summed E-state index contributed by atoms with van der Waals surface area (Å²) in [5.41, 5.74) is 9.35. The Morgan fingerprint density at radius 2 is 1.78 bits per heavy atom. The van der Waals surface area contributed by atoms with E-state index in [1.807, 2.05) is 31.2 Å². The molecule has 0 bridgehead atoms. The minimum absolute atomic E-state index is 0.212. The van der Waals surface area contributed by atoms with E-state index in [1.54, 1.807) is 12.1 Å². The molecule has 0 heterocycles. The minimum Gasteiger partial charge on any atom is -0.312 e. The molecule has 0 spiro atoms. The van der Waals surface area contributed by atoms with Crippen molar-refractivity contribution in [3.63, 3.8) is 0 Å². The van der Waals surface area contributed by atoms with Crippen LogP contribution in [-0.2, 0) is 6.54 Å². The van der Waals surface area contributed by atoms with Gasteiger partial charge in [0.05, 0.1) is 6.17 Å². The van der Waals surface area contributed by atoms with Gasteiger partial charge >= 0.3 is 0 Å². The predicted octanol–water partition coefficient (Wildman–Crippen LogP) is 2.88. The van der Waals surface area contributed by atoms with Crippen molar-refractivity contribution in [2.24, 2.45) is 5.73 Å². The van der Waals surface area contributed by atoms with Crippen LogP contribution in [0.3, 0.4) is 0 Å². The second-order valence-corrected chi connectivity index (χ2v) is 4.34. The Morgan fingerprint density at radius 3 is 2.44 bits per heavy atom. The number of nitrogens with one attached hydrogen (secondary N) is 1. The van der Waals surface area contributed by atoms with E-state index >= 15 is 0 Å². The van der Waals surface area contributed by atoms with Crippen LogP contribution < -0.4 is 11.1 Å². The highest BCUT2D eigenvalue weighted by atomic mass is 19.1. The fourth-order valence-electron chi connectivity index (χ4n) is 1.88. The first-order chi connectivity index (χ1) is 8.66. The summed E-state index contributed by atoms with van der Waals surface area (Å²) in [6.45, 7) is 2.66. The normalized spacial score (nSPS) is 12.4. The molecular weight excluding hydrogens is 227 g/mol. The second kappa shape index (κ2) is 5.76. The van der Waals surface area contributed by atoms with Gasteiger partial charge < -0.3 is 5.73 Å². The number of benzene rings is 2. The first kappa shape index (κ1) is 12.7. The molecule has 2 nitrogen and oxygen atoms in total. The number of halogens is 1. The summed E-state index contributed by atoms with van der Waals surface area (Å²) in [6.07, 6.45) is -0.212. The number of hydrogen-bond donors (Lipinski definition) is 2. The highest BCUT2D eigenvalue weighted by molar-refractivity contribution is 5.28. The number of rotatable bonds is 4. The van der Waals surface area contributed by atoms with E-state index in [0.29, 0.717) is 6.54 Å². The second-order valence-electron chi connectivity index (χ2n) is 4.34. The van der Waals surface area contributed by atoms with Crippen LogP contribution in [0.5, 0.6) is 0 Å². The molecular formula is C15H17FN2. The molecule has 18 heavy (non-hydrogen) atoms. The maximum absolute atomic E-state index is 12.8. The van der Waals surface area contributed by atoms with Crippen molar-refractivity contribution in [3.8, 4) is 0 Å². The quantitative estimate of drug-likeness (QED) is 0.812. The van der Waals surface area contributed by atoms with Crippen LogP contribution in [0, 0.1) is 12.7 Å². The number of nitrogens with two attached hydrogens (primary N) is 1. The Kier molecular flexibility index (Phi) is 4.07. The van der Waals surface area contributed by atoms with Gasteiger partial charge in [-0.25, -0.2) is 4.39 Å². The summed E-state index contributed by atoms with van der Waals surface area (Å²) in [5.74, 6) is -0.220. The Hall–Kier alpha value is -1.71. The van der Waals surface area contributed by atoms with Gasteiger partial charge in [0.15, 0.2) is 0 Å². The fourth-order valence-corrected chi connectivity index (χ4v) is 1.88. The summed E-state index contributed by atoms with van der Waals surface area (Å²) in [4.78, 5) is 0. The lowest BCUT2D eigenvalue weighted by molar-refractivity contribution is 0.548. The largest absolute Gasteiger partial charge is 0.312 e. The average molecular weight is 244 g/mol. The molecule has 94 valence electrons. The van der Waals surface area contributed by atoms with Crippen LogP contribution in [0.15, 0.2) is 48.5 Å². The molecule has 0 aliphatic rings. The molecule has 0 radical (unpaired) electrons. The fraction of sp³-hybridized carbons (Fsp3) is 0.200. The Bertz CT molecular complexity index is 508. The highest BCUT2D eigenvalue weighted by Crippen LogP contribution is 2.13. The van der Waals surface area contributed by atoms with Crippen molar-refractivity contribution in [1.29, 1.82) is 0 Å². The summed E-state index contributed by atoms with van der Waals surface area (Å²) < 4.78 is 12.8. The van der Waals surface area contributed by atoms with Gasteiger partial charge in [0.1, 0.15) is 5.82 Å². The molecule has 0 aliphatic heterocycles. The van der Waals surface area contributed by atoms with Crippen LogP contribution >= 0.6 is 0 Å². The van der Waals surface area contributed by atoms with Gasteiger partial charge in [-0.3, -0.25) is 5.32 Å². The van der Waals surface area contributed by atoms with Crippen molar-refractivity contribution in [2.75, 3.05) is 0 Å². The van der Waals surface area contributed by atoms with Crippen molar-refractivity contribution < 1.29 is 4.39 Å². The Balaban J connectivity index is 1.98. The molecule has 3 N–H and O–H groups in total. The van der Waals surface area contributed by atoms with Crippen molar-refractivity contribution in [3.05, 3.63) is 71.0 Å². The highest BCUT2D eigenvalue weighted by Gasteiger charge is 2.07. The summed E-state index contributed by atoms with van der Waals surface area (Å²) in [5, 5.41) is 3.23. The Labute approximate surface area is 107 Å². The third kappa shape index (κ3) is 3.15. The van der Waals surface area contributed by atoms with E-state index in [1.165, 1.54) is 12.1 Å². The molecule has 0 amide bonds. The van der Waals surface area contributed by atoms with Crippen molar-refractivity contribution in [2.45, 2.75) is 19.6 Å². The smallest absolute Gasteiger partial charge is 0.123 e. The molecule has 0 saturated carbocycles. The molecule has 1 atom stereocenters. The number of hydrogen-bond acceptors (Lipinski definition) is 2. The van der Waals surface area contributed by atoms with Crippen LogP contribution in [-0.4, -0.2) is 0 Å². The lowest BCUT2D eigenvalue weighted by Crippen LogP contribution is -2.28. The van der Waals surface area contributed by atoms with Gasteiger partial charge in [-0.05, 0) is 35.7 Å². The Morgan fingerprint density at radius 1 is 1.11 bits per heavy atom. The molecule has 2 aromatic carbocycles. The van der Waals surface area contributed by atoms with Crippen LogP contribution in [0.2, 0.25) is 0 Å². The molecule has 1 unspecified atom stereocenters. The molecule has 0 aromatic heterocycles. The first-order valence-electron chi connectivity index (χ1n) is 5.96. The molecule has 3 heteroatoms. The van der Waals surface area contributed by atoms with Crippen LogP contribution in [0.4, 0.5) is 4.39 Å². The third-order valence-corrected chi connectivity index (χ3v) is 2.96. The van der Waals surface area contributed by atoms with Crippen molar-refractivity contribution >= 4 is 0 Å². The number of aryl methyl sites for hydroxylation is 1. The zero-order valence-electron chi connectivity index (χ0n) is 10.4.